The number of carbonyl (C=O) groups is 1. The van der Waals surface area contributed by atoms with E-state index in [1.165, 1.54) is 0 Å². The smallest absolute Gasteiger partial charge is 0.310 e. The first-order valence-electron chi connectivity index (χ1n) is 5.91. The lowest BCUT2D eigenvalue weighted by molar-refractivity contribution is -0.138. The summed E-state index contributed by atoms with van der Waals surface area (Å²) in [5.74, 6) is 0.134. The van der Waals surface area contributed by atoms with Gasteiger partial charge in [0.1, 0.15) is 11.5 Å². The molecule has 0 spiro atoms. The fraction of sp³-hybridized carbons (Fsp3) is 0.500. The molecule has 0 saturated heterocycles. The van der Waals surface area contributed by atoms with Crippen LogP contribution in [0.3, 0.4) is 0 Å². The molecular weight excluding hydrogens is 232 g/mol. The predicted molar refractivity (Wildman–Crippen MR) is 69.7 cm³/mol. The van der Waals surface area contributed by atoms with Crippen molar-refractivity contribution in [3.05, 3.63) is 23.3 Å². The molecule has 1 rings (SSSR count). The van der Waals surface area contributed by atoms with Crippen molar-refractivity contribution < 1.29 is 19.4 Å². The zero-order valence-electron chi connectivity index (χ0n) is 11.5. The van der Waals surface area contributed by atoms with Crippen LogP contribution in [0.4, 0.5) is 0 Å². The van der Waals surface area contributed by atoms with Gasteiger partial charge in [-0.05, 0) is 30.5 Å². The minimum Gasteiger partial charge on any atom is -0.496 e. The van der Waals surface area contributed by atoms with E-state index in [1.807, 2.05) is 13.8 Å². The van der Waals surface area contributed by atoms with Gasteiger partial charge in [-0.25, -0.2) is 0 Å². The lowest BCUT2D eigenvalue weighted by atomic mass is 9.94. The fourth-order valence-electron chi connectivity index (χ4n) is 1.92. The summed E-state index contributed by atoms with van der Waals surface area (Å²) in [5, 5.41) is 9.06. The Hall–Kier alpha value is -1.71. The van der Waals surface area contributed by atoms with Crippen LogP contribution in [-0.4, -0.2) is 25.3 Å². The summed E-state index contributed by atoms with van der Waals surface area (Å²) in [4.78, 5) is 11.0. The molecule has 1 unspecified atom stereocenters. The number of carboxylic acids is 1. The Morgan fingerprint density at radius 3 is 1.83 bits per heavy atom. The Labute approximate surface area is 108 Å². The van der Waals surface area contributed by atoms with Crippen LogP contribution >= 0.6 is 0 Å². The molecule has 0 aliphatic heterocycles. The van der Waals surface area contributed by atoms with Gasteiger partial charge in [-0.15, -0.1) is 0 Å². The highest BCUT2D eigenvalue weighted by molar-refractivity contribution is 5.76. The number of ether oxygens (including phenoxy) is 2. The summed E-state index contributed by atoms with van der Waals surface area (Å²) in [6, 6.07) is 3.55. The average Bonchev–Trinajstić information content (AvgIpc) is 2.35. The van der Waals surface area contributed by atoms with Gasteiger partial charge in [-0.1, -0.05) is 13.8 Å². The topological polar surface area (TPSA) is 55.8 Å². The summed E-state index contributed by atoms with van der Waals surface area (Å²) in [5.41, 5.74) is 1.64. The van der Waals surface area contributed by atoms with E-state index in [9.17, 15) is 4.79 Å². The van der Waals surface area contributed by atoms with Crippen LogP contribution in [0.15, 0.2) is 12.1 Å². The summed E-state index contributed by atoms with van der Waals surface area (Å²) >= 11 is 0. The second kappa shape index (κ2) is 5.76. The number of hydrogen-bond donors (Lipinski definition) is 1. The molecule has 0 aliphatic rings. The van der Waals surface area contributed by atoms with E-state index in [2.05, 4.69) is 0 Å². The van der Waals surface area contributed by atoms with Gasteiger partial charge in [0.25, 0.3) is 0 Å². The van der Waals surface area contributed by atoms with Crippen molar-refractivity contribution in [2.45, 2.75) is 32.6 Å². The lowest BCUT2D eigenvalue weighted by Gasteiger charge is -2.19. The van der Waals surface area contributed by atoms with E-state index >= 15 is 0 Å². The molecule has 1 aromatic rings. The number of hydrogen-bond acceptors (Lipinski definition) is 3. The quantitative estimate of drug-likeness (QED) is 0.875. The molecular formula is C14H20O4. The standard InChI is InChI=1S/C14H20O4/c1-8(2)13-11(17-4)6-10(7-12(13)18-5)9(3)14(15)16/h6-9H,1-5H3,(H,15,16). The Kier molecular flexibility index (Phi) is 4.59. The first-order chi connectivity index (χ1) is 8.42. The van der Waals surface area contributed by atoms with Crippen molar-refractivity contribution >= 4 is 5.97 Å². The average molecular weight is 252 g/mol. The highest BCUT2D eigenvalue weighted by atomic mass is 16.5. The second-order valence-corrected chi connectivity index (χ2v) is 4.55. The molecule has 0 heterocycles. The summed E-state index contributed by atoms with van der Waals surface area (Å²) in [7, 11) is 3.16. The van der Waals surface area contributed by atoms with Crippen molar-refractivity contribution in [2.24, 2.45) is 0 Å². The van der Waals surface area contributed by atoms with Crippen LogP contribution in [0.5, 0.6) is 11.5 Å². The van der Waals surface area contributed by atoms with Gasteiger partial charge in [0.2, 0.25) is 0 Å². The molecule has 0 bridgehead atoms. The van der Waals surface area contributed by atoms with E-state index in [0.29, 0.717) is 17.1 Å². The maximum atomic E-state index is 11.0. The van der Waals surface area contributed by atoms with Crippen molar-refractivity contribution in [3.8, 4) is 11.5 Å². The Morgan fingerprint density at radius 1 is 1.11 bits per heavy atom. The second-order valence-electron chi connectivity index (χ2n) is 4.55. The number of carboxylic acid groups (broad SMARTS) is 1. The third-order valence-electron chi connectivity index (χ3n) is 3.01. The summed E-state index contributed by atoms with van der Waals surface area (Å²) < 4.78 is 10.7. The molecule has 0 amide bonds. The monoisotopic (exact) mass is 252 g/mol. The van der Waals surface area contributed by atoms with Gasteiger partial charge in [0.15, 0.2) is 0 Å². The largest absolute Gasteiger partial charge is 0.496 e. The van der Waals surface area contributed by atoms with Gasteiger partial charge in [0, 0.05) is 5.56 Å². The molecule has 4 nitrogen and oxygen atoms in total. The first-order valence-corrected chi connectivity index (χ1v) is 5.91. The van der Waals surface area contributed by atoms with E-state index in [0.717, 1.165) is 5.56 Å². The number of benzene rings is 1. The molecule has 1 aromatic carbocycles. The van der Waals surface area contributed by atoms with Crippen molar-refractivity contribution in [2.75, 3.05) is 14.2 Å². The minimum atomic E-state index is -0.864. The molecule has 1 atom stereocenters. The Bertz CT molecular complexity index is 412. The van der Waals surface area contributed by atoms with Crippen LogP contribution in [0.2, 0.25) is 0 Å². The fourth-order valence-corrected chi connectivity index (χ4v) is 1.92. The Balaban J connectivity index is 3.39. The molecule has 18 heavy (non-hydrogen) atoms. The molecule has 100 valence electrons. The van der Waals surface area contributed by atoms with Crippen LogP contribution in [0.1, 0.15) is 43.7 Å². The Morgan fingerprint density at radius 2 is 1.56 bits per heavy atom. The predicted octanol–water partition coefficient (Wildman–Crippen LogP) is 3.02. The molecule has 0 fully saturated rings. The molecule has 4 heteroatoms. The highest BCUT2D eigenvalue weighted by Gasteiger charge is 2.20. The van der Waals surface area contributed by atoms with Gasteiger partial charge in [-0.3, -0.25) is 4.79 Å². The molecule has 1 N–H and O–H groups in total. The maximum absolute atomic E-state index is 11.0. The summed E-state index contributed by atoms with van der Waals surface area (Å²) in [6.07, 6.45) is 0. The zero-order valence-corrected chi connectivity index (χ0v) is 11.5. The minimum absolute atomic E-state index is 0.240. The van der Waals surface area contributed by atoms with Gasteiger partial charge >= 0.3 is 5.97 Å². The number of rotatable bonds is 5. The SMILES string of the molecule is COc1cc(C(C)C(=O)O)cc(OC)c1C(C)C. The third-order valence-corrected chi connectivity index (χ3v) is 3.01. The molecule has 0 aromatic heterocycles. The van der Waals surface area contributed by atoms with E-state index in [-0.39, 0.29) is 5.92 Å². The number of methoxy groups -OCH3 is 2. The van der Waals surface area contributed by atoms with E-state index in [1.54, 1.807) is 33.3 Å². The number of aliphatic carboxylic acids is 1. The highest BCUT2D eigenvalue weighted by Crippen LogP contribution is 2.38. The summed E-state index contributed by atoms with van der Waals surface area (Å²) in [6.45, 7) is 5.73. The maximum Gasteiger partial charge on any atom is 0.310 e. The van der Waals surface area contributed by atoms with Crippen LogP contribution in [-0.2, 0) is 4.79 Å². The first kappa shape index (κ1) is 14.4. The van der Waals surface area contributed by atoms with Gasteiger partial charge < -0.3 is 14.6 Å². The molecule has 0 aliphatic carbocycles. The van der Waals surface area contributed by atoms with E-state index in [4.69, 9.17) is 14.6 Å². The zero-order chi connectivity index (χ0) is 13.9. The van der Waals surface area contributed by atoms with E-state index < -0.39 is 11.9 Å². The molecule has 0 saturated carbocycles. The molecule has 0 radical (unpaired) electrons. The van der Waals surface area contributed by atoms with Crippen molar-refractivity contribution in [1.82, 2.24) is 0 Å². The van der Waals surface area contributed by atoms with Crippen LogP contribution < -0.4 is 9.47 Å². The lowest BCUT2D eigenvalue weighted by Crippen LogP contribution is -2.09. The van der Waals surface area contributed by atoms with Crippen LogP contribution in [0, 0.1) is 0 Å². The van der Waals surface area contributed by atoms with Crippen molar-refractivity contribution in [1.29, 1.82) is 0 Å². The van der Waals surface area contributed by atoms with Crippen molar-refractivity contribution in [3.63, 3.8) is 0 Å². The van der Waals surface area contributed by atoms with Crippen LogP contribution in [0.25, 0.3) is 0 Å². The normalized spacial score (nSPS) is 12.3. The third kappa shape index (κ3) is 2.75. The van der Waals surface area contributed by atoms with Gasteiger partial charge in [0.05, 0.1) is 20.1 Å². The van der Waals surface area contributed by atoms with Gasteiger partial charge in [-0.2, -0.15) is 0 Å².